The Bertz CT molecular complexity index is 189. The Labute approximate surface area is 55.0 Å². The van der Waals surface area contributed by atoms with Gasteiger partial charge in [-0.2, -0.15) is 0 Å². The van der Waals surface area contributed by atoms with E-state index in [1.807, 2.05) is 13.8 Å². The van der Waals surface area contributed by atoms with Crippen LogP contribution in [0.2, 0.25) is 0 Å². The molecular formula is C7H10N2. The second-order valence-corrected chi connectivity index (χ2v) is 2.20. The average Bonchev–Trinajstić information content (AvgIpc) is 1.80. The highest BCUT2D eigenvalue weighted by molar-refractivity contribution is 6.30. The van der Waals surface area contributed by atoms with Gasteiger partial charge >= 0.3 is 0 Å². The molecule has 1 aliphatic heterocycles. The zero-order valence-electron chi connectivity index (χ0n) is 5.76. The van der Waals surface area contributed by atoms with Crippen molar-refractivity contribution in [3.63, 3.8) is 0 Å². The largest absolute Gasteiger partial charge is 0.279 e. The van der Waals surface area contributed by atoms with Crippen molar-refractivity contribution in [1.29, 1.82) is 0 Å². The molecule has 9 heavy (non-hydrogen) atoms. The number of hydrogen-bond acceptors (Lipinski definition) is 2. The topological polar surface area (TPSA) is 24.7 Å². The quantitative estimate of drug-likeness (QED) is 0.464. The van der Waals surface area contributed by atoms with Crippen LogP contribution >= 0.6 is 0 Å². The molecule has 1 atom stereocenters. The Morgan fingerprint density at radius 2 is 2.33 bits per heavy atom. The highest BCUT2D eigenvalue weighted by Crippen LogP contribution is 2.08. The van der Waals surface area contributed by atoms with Gasteiger partial charge in [-0.15, -0.1) is 0 Å². The molecule has 0 aromatic rings. The second-order valence-electron chi connectivity index (χ2n) is 2.20. The van der Waals surface area contributed by atoms with Gasteiger partial charge in [0.1, 0.15) is 0 Å². The Balaban J connectivity index is 2.82. The van der Waals surface area contributed by atoms with Crippen LogP contribution in [0.1, 0.15) is 13.8 Å². The second kappa shape index (κ2) is 2.13. The van der Waals surface area contributed by atoms with Crippen molar-refractivity contribution in [3.8, 4) is 0 Å². The van der Waals surface area contributed by atoms with Crippen molar-refractivity contribution < 1.29 is 0 Å². The van der Waals surface area contributed by atoms with E-state index in [1.165, 1.54) is 0 Å². The standard InChI is InChI=1S/C7H10N2/c1-5-4-8-6(2)7(3)9-5/h4,7H,2H2,1,3H3. The summed E-state index contributed by atoms with van der Waals surface area (Å²) in [7, 11) is 0. The summed E-state index contributed by atoms with van der Waals surface area (Å²) in [6.45, 7) is 7.65. The fraction of sp³-hybridized carbons (Fsp3) is 0.429. The van der Waals surface area contributed by atoms with E-state index in [9.17, 15) is 0 Å². The maximum Gasteiger partial charge on any atom is 0.0889 e. The van der Waals surface area contributed by atoms with Crippen LogP contribution in [0.15, 0.2) is 22.3 Å². The van der Waals surface area contributed by atoms with Crippen LogP contribution in [0.4, 0.5) is 0 Å². The van der Waals surface area contributed by atoms with E-state index in [0.717, 1.165) is 11.4 Å². The fourth-order valence-corrected chi connectivity index (χ4v) is 0.697. The Kier molecular flexibility index (Phi) is 1.47. The van der Waals surface area contributed by atoms with Gasteiger partial charge in [0.15, 0.2) is 0 Å². The minimum absolute atomic E-state index is 0.176. The summed E-state index contributed by atoms with van der Waals surface area (Å²) in [5.74, 6) is 0. The molecule has 0 aromatic heterocycles. The molecule has 0 N–H and O–H groups in total. The van der Waals surface area contributed by atoms with E-state index < -0.39 is 0 Å². The van der Waals surface area contributed by atoms with E-state index in [4.69, 9.17) is 0 Å². The van der Waals surface area contributed by atoms with E-state index in [1.54, 1.807) is 6.21 Å². The van der Waals surface area contributed by atoms with Crippen molar-refractivity contribution >= 4 is 11.9 Å². The molecule has 48 valence electrons. The minimum Gasteiger partial charge on any atom is -0.279 e. The maximum atomic E-state index is 4.23. The summed E-state index contributed by atoms with van der Waals surface area (Å²) in [4.78, 5) is 8.27. The summed E-state index contributed by atoms with van der Waals surface area (Å²) in [6, 6.07) is 0.176. The van der Waals surface area contributed by atoms with Gasteiger partial charge in [-0.05, 0) is 13.8 Å². The minimum atomic E-state index is 0.176. The van der Waals surface area contributed by atoms with Gasteiger partial charge in [0.2, 0.25) is 0 Å². The molecule has 0 spiro atoms. The van der Waals surface area contributed by atoms with E-state index in [0.29, 0.717) is 0 Å². The molecule has 2 nitrogen and oxygen atoms in total. The lowest BCUT2D eigenvalue weighted by molar-refractivity contribution is 0.849. The number of nitrogens with zero attached hydrogens (tertiary/aromatic N) is 2. The van der Waals surface area contributed by atoms with Crippen LogP contribution < -0.4 is 0 Å². The first-order valence-electron chi connectivity index (χ1n) is 2.97. The normalized spacial score (nSPS) is 26.2. The Hall–Kier alpha value is -0.920. The van der Waals surface area contributed by atoms with Gasteiger partial charge in [0, 0.05) is 6.21 Å². The molecule has 0 aromatic carbocycles. The highest BCUT2D eigenvalue weighted by Gasteiger charge is 2.06. The van der Waals surface area contributed by atoms with Crippen LogP contribution in [0.3, 0.4) is 0 Å². The molecule has 1 unspecified atom stereocenters. The monoisotopic (exact) mass is 122 g/mol. The molecule has 1 heterocycles. The van der Waals surface area contributed by atoms with E-state index in [-0.39, 0.29) is 6.04 Å². The SMILES string of the molecule is C=C1N=CC(C)=NC1C. The Morgan fingerprint density at radius 3 is 2.78 bits per heavy atom. The van der Waals surface area contributed by atoms with E-state index >= 15 is 0 Å². The predicted octanol–water partition coefficient (Wildman–Crippen LogP) is 1.43. The van der Waals surface area contributed by atoms with Gasteiger partial charge < -0.3 is 0 Å². The summed E-state index contributed by atoms with van der Waals surface area (Å²) in [6.07, 6.45) is 1.74. The van der Waals surface area contributed by atoms with Crippen LogP contribution in [0.5, 0.6) is 0 Å². The first-order valence-corrected chi connectivity index (χ1v) is 2.97. The maximum absolute atomic E-state index is 4.23. The third kappa shape index (κ3) is 1.25. The number of aliphatic imine (C=N–C) groups is 2. The lowest BCUT2D eigenvalue weighted by Gasteiger charge is -2.09. The van der Waals surface area contributed by atoms with Crippen molar-refractivity contribution in [1.82, 2.24) is 0 Å². The highest BCUT2D eigenvalue weighted by atomic mass is 14.9. The Morgan fingerprint density at radius 1 is 1.67 bits per heavy atom. The molecule has 1 aliphatic rings. The molecule has 0 fully saturated rings. The zero-order chi connectivity index (χ0) is 6.85. The average molecular weight is 122 g/mol. The van der Waals surface area contributed by atoms with Crippen molar-refractivity contribution in [2.24, 2.45) is 9.98 Å². The molecule has 0 saturated heterocycles. The number of hydrogen-bond donors (Lipinski definition) is 0. The van der Waals surface area contributed by atoms with Crippen molar-refractivity contribution in [2.75, 3.05) is 0 Å². The smallest absolute Gasteiger partial charge is 0.0889 e. The fourth-order valence-electron chi connectivity index (χ4n) is 0.697. The molecule has 0 saturated carbocycles. The third-order valence-electron chi connectivity index (χ3n) is 1.30. The predicted molar refractivity (Wildman–Crippen MR) is 40.2 cm³/mol. The first-order chi connectivity index (χ1) is 4.20. The molecule has 0 radical (unpaired) electrons. The molecular weight excluding hydrogens is 112 g/mol. The zero-order valence-corrected chi connectivity index (χ0v) is 5.76. The summed E-state index contributed by atoms with van der Waals surface area (Å²) in [5, 5.41) is 0. The summed E-state index contributed by atoms with van der Waals surface area (Å²) < 4.78 is 0. The third-order valence-corrected chi connectivity index (χ3v) is 1.30. The van der Waals surface area contributed by atoms with Crippen LogP contribution in [0, 0.1) is 0 Å². The van der Waals surface area contributed by atoms with Gasteiger partial charge in [0.25, 0.3) is 0 Å². The van der Waals surface area contributed by atoms with Gasteiger partial charge in [-0.25, -0.2) is 0 Å². The van der Waals surface area contributed by atoms with Crippen molar-refractivity contribution in [3.05, 3.63) is 12.3 Å². The molecule has 0 aliphatic carbocycles. The lowest BCUT2D eigenvalue weighted by atomic mass is 10.2. The van der Waals surface area contributed by atoms with Crippen LogP contribution in [0.25, 0.3) is 0 Å². The summed E-state index contributed by atoms with van der Waals surface area (Å²) in [5.41, 5.74) is 1.83. The molecule has 0 amide bonds. The van der Waals surface area contributed by atoms with Gasteiger partial charge in [-0.3, -0.25) is 9.98 Å². The van der Waals surface area contributed by atoms with Crippen molar-refractivity contribution in [2.45, 2.75) is 19.9 Å². The van der Waals surface area contributed by atoms with Crippen LogP contribution in [-0.2, 0) is 0 Å². The molecule has 0 bridgehead atoms. The lowest BCUT2D eigenvalue weighted by Crippen LogP contribution is -2.10. The molecule has 1 rings (SSSR count). The summed E-state index contributed by atoms with van der Waals surface area (Å²) >= 11 is 0. The molecule has 2 heteroatoms. The van der Waals surface area contributed by atoms with E-state index in [2.05, 4.69) is 16.6 Å². The first kappa shape index (κ1) is 6.20. The number of rotatable bonds is 0. The van der Waals surface area contributed by atoms with Crippen LogP contribution in [-0.4, -0.2) is 18.0 Å². The van der Waals surface area contributed by atoms with Gasteiger partial charge in [0.05, 0.1) is 17.5 Å². The van der Waals surface area contributed by atoms with Gasteiger partial charge in [-0.1, -0.05) is 6.58 Å².